The van der Waals surface area contributed by atoms with E-state index in [9.17, 15) is 28.2 Å². The van der Waals surface area contributed by atoms with Crippen molar-refractivity contribution in [2.24, 2.45) is 0 Å². The van der Waals surface area contributed by atoms with Crippen LogP contribution in [0.4, 0.5) is 28.2 Å². The van der Waals surface area contributed by atoms with E-state index in [4.69, 9.17) is 0 Å². The monoisotopic (exact) mass is 258 g/mol. The van der Waals surface area contributed by atoms with Gasteiger partial charge in [0.2, 0.25) is 0 Å². The summed E-state index contributed by atoms with van der Waals surface area (Å²) in [6.45, 7) is 0. The van der Waals surface area contributed by atoms with Gasteiger partial charge in [0.05, 0.1) is 0 Å². The average Bonchev–Trinajstić information content (AvgIpc) is 1.80. The van der Waals surface area contributed by atoms with Crippen molar-refractivity contribution >= 4 is 22.1 Å². The molecular weight excluding hydrogens is 257 g/mol. The van der Waals surface area contributed by atoms with Crippen molar-refractivity contribution in [1.29, 1.82) is 0 Å². The van der Waals surface area contributed by atoms with Gasteiger partial charge in [-0.15, -0.1) is 16.5 Å². The van der Waals surface area contributed by atoms with Crippen LogP contribution in [0, 0.1) is 0 Å². The molecule has 0 aromatic rings. The van der Waals surface area contributed by atoms with E-state index in [1.807, 2.05) is 0 Å². The van der Waals surface area contributed by atoms with Gasteiger partial charge < -0.3 is 0 Å². The molecule has 0 heterocycles. The molecule has 0 radical (unpaired) electrons. The van der Waals surface area contributed by atoms with Crippen LogP contribution in [0.25, 0.3) is 0 Å². The van der Waals surface area contributed by atoms with Crippen molar-refractivity contribution in [2.45, 2.75) is 6.11 Å². The average molecular weight is 259 g/mol. The lowest BCUT2D eigenvalue weighted by Crippen LogP contribution is -2.26. The summed E-state index contributed by atoms with van der Waals surface area (Å²) < 4.78 is 80.8. The van der Waals surface area contributed by atoms with Crippen LogP contribution in [0.3, 0.4) is 0 Å². The van der Waals surface area contributed by atoms with Gasteiger partial charge in [0.15, 0.2) is 0 Å². The summed E-state index contributed by atoms with van der Waals surface area (Å²) in [6, 6.07) is 0. The highest BCUT2D eigenvalue weighted by molar-refractivity contribution is 8.42. The number of rotatable bonds is 4. The Morgan fingerprint density at radius 1 is 1.08 bits per heavy atom. The molecule has 0 amide bonds. The molecule has 0 fully saturated rings. The molecule has 13 heavy (non-hydrogen) atoms. The fraction of sp³-hybridized carbons (Fsp3) is 1.00. The topological polar surface area (TPSA) is 18.5 Å². The van der Waals surface area contributed by atoms with Gasteiger partial charge in [-0.05, 0) is 0 Å². The van der Waals surface area contributed by atoms with Crippen LogP contribution in [0.5, 0.6) is 0 Å². The van der Waals surface area contributed by atoms with Gasteiger partial charge in [-0.3, -0.25) is 0 Å². The van der Waals surface area contributed by atoms with Crippen molar-refractivity contribution in [2.75, 3.05) is 5.88 Å². The lowest BCUT2D eigenvalue weighted by atomic mass is 10.8. The van der Waals surface area contributed by atoms with Crippen molar-refractivity contribution in [1.82, 2.24) is 0 Å². The van der Waals surface area contributed by atoms with E-state index in [1.54, 1.807) is 0 Å². The molecule has 0 aromatic carbocycles. The van der Waals surface area contributed by atoms with E-state index in [-0.39, 0.29) is 0 Å². The quantitative estimate of drug-likeness (QED) is 0.329. The fourth-order valence-corrected chi connectivity index (χ4v) is 0.409. The summed E-state index contributed by atoms with van der Waals surface area (Å²) in [7, 11) is -10.4. The summed E-state index contributed by atoms with van der Waals surface area (Å²) in [5.74, 6) is -1.75. The Kier molecular flexibility index (Phi) is 2.57. The van der Waals surface area contributed by atoms with Crippen LogP contribution in [-0.2, 0) is 9.22 Å². The Bertz CT molecular complexity index is 196. The van der Waals surface area contributed by atoms with Crippen LogP contribution >= 0.6 is 22.1 Å². The highest BCUT2D eigenvalue weighted by atomic mass is 35.5. The first kappa shape index (κ1) is 13.1. The third-order valence-electron chi connectivity index (χ3n) is 0.440. The number of alkyl halides is 3. The van der Waals surface area contributed by atoms with Crippen LogP contribution < -0.4 is 0 Å². The van der Waals surface area contributed by atoms with Crippen LogP contribution in [0.15, 0.2) is 0 Å². The second kappa shape index (κ2) is 2.55. The molecule has 0 aromatic heterocycles. The van der Waals surface area contributed by atoms with E-state index in [0.29, 0.717) is 0 Å². The normalized spacial score (nSPS) is 19.4. The van der Waals surface area contributed by atoms with Gasteiger partial charge in [-0.25, -0.2) is 0 Å². The van der Waals surface area contributed by atoms with E-state index in [1.165, 1.54) is 4.33 Å². The second-order valence-corrected chi connectivity index (χ2v) is 4.02. The van der Waals surface area contributed by atoms with Gasteiger partial charge in [0.25, 0.3) is 0 Å². The minimum atomic E-state index is -10.4. The van der Waals surface area contributed by atoms with Gasteiger partial charge in [0.1, 0.15) is 5.88 Å². The van der Waals surface area contributed by atoms with Crippen LogP contribution in [0.2, 0.25) is 0 Å². The molecule has 0 saturated heterocycles. The molecule has 11 heteroatoms. The predicted molar refractivity (Wildman–Crippen MR) is 31.0 cm³/mol. The van der Waals surface area contributed by atoms with Gasteiger partial charge >= 0.3 is 16.6 Å². The highest BCUT2D eigenvalue weighted by Crippen LogP contribution is 2.98. The summed E-state index contributed by atoms with van der Waals surface area (Å²) >= 11 is 4.36. The smallest absolute Gasteiger partial charge is 0.172 e. The first-order valence-electron chi connectivity index (χ1n) is 2.31. The first-order valence-corrected chi connectivity index (χ1v) is 4.72. The zero-order valence-electron chi connectivity index (χ0n) is 5.46. The number of hydrogen-bond donors (Lipinski definition) is 0. The fourth-order valence-electron chi connectivity index (χ4n) is 0.136. The molecule has 0 rings (SSSR count). The van der Waals surface area contributed by atoms with Gasteiger partial charge in [-0.1, -0.05) is 23.8 Å². The Labute approximate surface area is 72.4 Å². The minimum Gasteiger partial charge on any atom is -0.172 e. The summed E-state index contributed by atoms with van der Waals surface area (Å²) in [5, 5.41) is 0. The summed E-state index contributed by atoms with van der Waals surface area (Å²) in [5.41, 5.74) is 0. The predicted octanol–water partition coefficient (Wildman–Crippen LogP) is 3.98. The molecule has 0 spiro atoms. The molecule has 0 N–H and O–H groups in total. The van der Waals surface area contributed by atoms with Gasteiger partial charge in [-0.2, -0.15) is 8.78 Å². The maximum absolute atomic E-state index is 11.7. The molecule has 0 unspecified atom stereocenters. The van der Waals surface area contributed by atoms with E-state index >= 15 is 0 Å². The SMILES string of the molecule is FC(F)(CCl)OOS(F)(F)(F)(F)F. The minimum absolute atomic E-state index is 1.51. The molecule has 0 bridgehead atoms. The Morgan fingerprint density at radius 3 is 1.69 bits per heavy atom. The summed E-state index contributed by atoms with van der Waals surface area (Å²) in [4.78, 5) is 2.16. The first-order chi connectivity index (χ1) is 5.24. The molecule has 0 saturated carbocycles. The summed E-state index contributed by atoms with van der Waals surface area (Å²) in [6.07, 6.45) is -4.63. The lowest BCUT2D eigenvalue weighted by molar-refractivity contribution is -0.392. The van der Waals surface area contributed by atoms with E-state index in [2.05, 4.69) is 16.5 Å². The standard InChI is InChI=1S/C2H2ClF7O2S/c3-1-2(4,5)11-12-13(6,7,8,9)10/h1H2. The van der Waals surface area contributed by atoms with E-state index < -0.39 is 22.5 Å². The number of halogens is 8. The third-order valence-corrected chi connectivity index (χ3v) is 1.08. The molecule has 0 atom stereocenters. The Hall–Kier alpha value is 0.0700. The van der Waals surface area contributed by atoms with Crippen molar-refractivity contribution in [3.63, 3.8) is 0 Å². The van der Waals surface area contributed by atoms with Crippen LogP contribution in [-0.4, -0.2) is 12.0 Å². The molecule has 0 aliphatic heterocycles. The number of hydrogen-bond acceptors (Lipinski definition) is 2. The largest absolute Gasteiger partial charge is 0.422 e. The van der Waals surface area contributed by atoms with Crippen molar-refractivity contribution in [3.8, 4) is 0 Å². The molecule has 2 nitrogen and oxygen atoms in total. The zero-order valence-corrected chi connectivity index (χ0v) is 7.03. The Balaban J connectivity index is 4.37. The Morgan fingerprint density at radius 2 is 1.46 bits per heavy atom. The second-order valence-electron chi connectivity index (χ2n) is 1.82. The maximum atomic E-state index is 11.7. The van der Waals surface area contributed by atoms with Crippen LogP contribution in [0.1, 0.15) is 0 Å². The molecular formula is C2H2ClF7O2S. The molecule has 84 valence electrons. The van der Waals surface area contributed by atoms with Crippen molar-refractivity contribution in [3.05, 3.63) is 0 Å². The van der Waals surface area contributed by atoms with Gasteiger partial charge in [0, 0.05) is 0 Å². The zero-order chi connectivity index (χ0) is 11.0. The van der Waals surface area contributed by atoms with Crippen molar-refractivity contribution < 1.29 is 37.4 Å². The third kappa shape index (κ3) is 8.40. The maximum Gasteiger partial charge on any atom is 0.422 e. The van der Waals surface area contributed by atoms with E-state index in [0.717, 1.165) is 0 Å². The molecule has 0 aliphatic carbocycles. The lowest BCUT2D eigenvalue weighted by Gasteiger charge is -2.37. The highest BCUT2D eigenvalue weighted by Gasteiger charge is 2.69. The molecule has 0 aliphatic rings.